The van der Waals surface area contributed by atoms with E-state index in [1.54, 1.807) is 6.07 Å². The monoisotopic (exact) mass is 253 g/mol. The van der Waals surface area contributed by atoms with Gasteiger partial charge in [0.05, 0.1) is 6.61 Å². The third-order valence-corrected chi connectivity index (χ3v) is 2.98. The van der Waals surface area contributed by atoms with Crippen LogP contribution in [0.3, 0.4) is 0 Å². The number of hydrogen-bond donors (Lipinski definition) is 1. The first kappa shape index (κ1) is 15.1. The first-order valence-electron chi connectivity index (χ1n) is 6.73. The van der Waals surface area contributed by atoms with Gasteiger partial charge in [-0.1, -0.05) is 13.0 Å². The molecule has 1 atom stereocenters. The Balaban J connectivity index is 2.65. The van der Waals surface area contributed by atoms with E-state index in [1.165, 1.54) is 6.07 Å². The minimum atomic E-state index is -0.166. The van der Waals surface area contributed by atoms with Gasteiger partial charge in [-0.3, -0.25) is 0 Å². The molecule has 3 heteroatoms. The van der Waals surface area contributed by atoms with Crippen LogP contribution in [0.4, 0.5) is 4.39 Å². The second-order valence-electron chi connectivity index (χ2n) is 4.59. The summed E-state index contributed by atoms with van der Waals surface area (Å²) in [5, 5.41) is 3.45. The lowest BCUT2D eigenvalue weighted by atomic mass is 10.0. The molecule has 0 spiro atoms. The van der Waals surface area contributed by atoms with Crippen LogP contribution in [0.5, 0.6) is 0 Å². The van der Waals surface area contributed by atoms with E-state index in [0.29, 0.717) is 13.2 Å². The van der Waals surface area contributed by atoms with E-state index in [2.05, 4.69) is 12.2 Å². The third-order valence-electron chi connectivity index (χ3n) is 2.98. The van der Waals surface area contributed by atoms with E-state index >= 15 is 0 Å². The van der Waals surface area contributed by atoms with Crippen molar-refractivity contribution in [2.45, 2.75) is 39.7 Å². The van der Waals surface area contributed by atoms with Gasteiger partial charge in [0, 0.05) is 12.6 Å². The number of rotatable bonds is 8. The summed E-state index contributed by atoms with van der Waals surface area (Å²) >= 11 is 0. The highest BCUT2D eigenvalue weighted by Crippen LogP contribution is 2.12. The van der Waals surface area contributed by atoms with Crippen molar-refractivity contribution in [1.82, 2.24) is 5.32 Å². The molecule has 1 aromatic rings. The molecule has 0 bridgehead atoms. The zero-order chi connectivity index (χ0) is 13.4. The van der Waals surface area contributed by atoms with Crippen LogP contribution in [-0.4, -0.2) is 25.8 Å². The minimum Gasteiger partial charge on any atom is -0.380 e. The maximum atomic E-state index is 13.2. The predicted octanol–water partition coefficient (Wildman–Crippen LogP) is 3.08. The molecule has 0 aliphatic carbocycles. The van der Waals surface area contributed by atoms with Crippen LogP contribution in [0.1, 0.15) is 31.4 Å². The Labute approximate surface area is 110 Å². The van der Waals surface area contributed by atoms with Crippen LogP contribution in [0.2, 0.25) is 0 Å². The fourth-order valence-electron chi connectivity index (χ4n) is 1.92. The van der Waals surface area contributed by atoms with Crippen molar-refractivity contribution in [3.8, 4) is 0 Å². The Hall–Kier alpha value is -0.930. The summed E-state index contributed by atoms with van der Waals surface area (Å²) in [6.07, 6.45) is 1.90. The molecule has 0 heterocycles. The largest absolute Gasteiger partial charge is 0.380 e. The van der Waals surface area contributed by atoms with Gasteiger partial charge in [-0.25, -0.2) is 4.39 Å². The van der Waals surface area contributed by atoms with E-state index in [-0.39, 0.29) is 11.9 Å². The molecule has 0 aliphatic rings. The maximum absolute atomic E-state index is 13.2. The van der Waals surface area contributed by atoms with Crippen LogP contribution in [-0.2, 0) is 11.2 Å². The lowest BCUT2D eigenvalue weighted by Gasteiger charge is -2.19. The number of nitrogens with one attached hydrogen (secondary N) is 1. The maximum Gasteiger partial charge on any atom is 0.123 e. The van der Waals surface area contributed by atoms with Gasteiger partial charge >= 0.3 is 0 Å². The minimum absolute atomic E-state index is 0.166. The zero-order valence-corrected chi connectivity index (χ0v) is 11.6. The number of halogens is 1. The van der Waals surface area contributed by atoms with Crippen molar-refractivity contribution >= 4 is 0 Å². The number of hydrogen-bond acceptors (Lipinski definition) is 2. The van der Waals surface area contributed by atoms with Crippen molar-refractivity contribution in [2.24, 2.45) is 0 Å². The molecule has 102 valence electrons. The molecule has 0 saturated heterocycles. The SMILES string of the molecule is CCCNC(COCC)Cc1cc(F)ccc1C. The van der Waals surface area contributed by atoms with Gasteiger partial charge in [-0.05, 0) is 56.5 Å². The molecule has 1 rings (SSSR count). The van der Waals surface area contributed by atoms with Gasteiger partial charge in [-0.15, -0.1) is 0 Å². The van der Waals surface area contributed by atoms with Gasteiger partial charge in [0.2, 0.25) is 0 Å². The Morgan fingerprint density at radius 2 is 2.11 bits per heavy atom. The second-order valence-corrected chi connectivity index (χ2v) is 4.59. The van der Waals surface area contributed by atoms with Gasteiger partial charge in [-0.2, -0.15) is 0 Å². The van der Waals surface area contributed by atoms with Crippen LogP contribution in [0.15, 0.2) is 18.2 Å². The highest BCUT2D eigenvalue weighted by molar-refractivity contribution is 5.27. The molecular weight excluding hydrogens is 229 g/mol. The highest BCUT2D eigenvalue weighted by atomic mass is 19.1. The molecule has 0 fully saturated rings. The lowest BCUT2D eigenvalue weighted by molar-refractivity contribution is 0.122. The molecule has 0 saturated carbocycles. The Morgan fingerprint density at radius 3 is 2.78 bits per heavy atom. The van der Waals surface area contributed by atoms with Crippen LogP contribution < -0.4 is 5.32 Å². The number of benzene rings is 1. The normalized spacial score (nSPS) is 12.7. The molecule has 0 aliphatic heterocycles. The quantitative estimate of drug-likeness (QED) is 0.768. The van der Waals surface area contributed by atoms with Crippen molar-refractivity contribution in [3.63, 3.8) is 0 Å². The topological polar surface area (TPSA) is 21.3 Å². The summed E-state index contributed by atoms with van der Waals surface area (Å²) in [6.45, 7) is 8.50. The van der Waals surface area contributed by atoms with Crippen molar-refractivity contribution in [1.29, 1.82) is 0 Å². The average Bonchev–Trinajstić information content (AvgIpc) is 2.37. The van der Waals surface area contributed by atoms with E-state index in [1.807, 2.05) is 19.9 Å². The smallest absolute Gasteiger partial charge is 0.123 e. The zero-order valence-electron chi connectivity index (χ0n) is 11.6. The highest BCUT2D eigenvalue weighted by Gasteiger charge is 2.11. The molecule has 1 aromatic carbocycles. The summed E-state index contributed by atoms with van der Waals surface area (Å²) in [6, 6.07) is 5.23. The van der Waals surface area contributed by atoms with Crippen LogP contribution in [0.25, 0.3) is 0 Å². The predicted molar refractivity (Wildman–Crippen MR) is 73.4 cm³/mol. The molecule has 2 nitrogen and oxygen atoms in total. The summed E-state index contributed by atoms with van der Waals surface area (Å²) in [5.41, 5.74) is 2.19. The van der Waals surface area contributed by atoms with E-state index in [9.17, 15) is 4.39 Å². The van der Waals surface area contributed by atoms with Gasteiger partial charge < -0.3 is 10.1 Å². The Kier molecular flexibility index (Phi) is 6.91. The second kappa shape index (κ2) is 8.22. The fraction of sp³-hybridized carbons (Fsp3) is 0.600. The number of ether oxygens (including phenoxy) is 1. The van der Waals surface area contributed by atoms with Gasteiger partial charge in [0.25, 0.3) is 0 Å². The average molecular weight is 253 g/mol. The summed E-state index contributed by atoms with van der Waals surface area (Å²) in [4.78, 5) is 0. The molecule has 0 radical (unpaired) electrons. The van der Waals surface area contributed by atoms with E-state index in [0.717, 1.165) is 30.5 Å². The van der Waals surface area contributed by atoms with E-state index < -0.39 is 0 Å². The molecule has 1 N–H and O–H groups in total. The number of aryl methyl sites for hydroxylation is 1. The van der Waals surface area contributed by atoms with E-state index in [4.69, 9.17) is 4.74 Å². The first-order chi connectivity index (χ1) is 8.67. The van der Waals surface area contributed by atoms with Crippen LogP contribution in [0, 0.1) is 12.7 Å². The first-order valence-corrected chi connectivity index (χ1v) is 6.73. The van der Waals surface area contributed by atoms with Gasteiger partial charge in [0.15, 0.2) is 0 Å². The van der Waals surface area contributed by atoms with Crippen LogP contribution >= 0.6 is 0 Å². The summed E-state index contributed by atoms with van der Waals surface area (Å²) in [5.74, 6) is -0.166. The molecular formula is C15H24FNO. The molecule has 0 aromatic heterocycles. The fourth-order valence-corrected chi connectivity index (χ4v) is 1.92. The molecule has 18 heavy (non-hydrogen) atoms. The van der Waals surface area contributed by atoms with Gasteiger partial charge in [0.1, 0.15) is 5.82 Å². The summed E-state index contributed by atoms with van der Waals surface area (Å²) < 4.78 is 18.7. The molecule has 0 amide bonds. The Bertz CT molecular complexity index is 346. The lowest BCUT2D eigenvalue weighted by Crippen LogP contribution is -2.36. The Morgan fingerprint density at radius 1 is 1.33 bits per heavy atom. The molecule has 1 unspecified atom stereocenters. The van der Waals surface area contributed by atoms with Crippen molar-refractivity contribution < 1.29 is 9.13 Å². The standard InChI is InChI=1S/C15H24FNO/c1-4-8-17-15(11-18-5-2)10-13-9-14(16)7-6-12(13)3/h6-7,9,15,17H,4-5,8,10-11H2,1-3H3. The van der Waals surface area contributed by atoms with Crippen molar-refractivity contribution in [3.05, 3.63) is 35.1 Å². The third kappa shape index (κ3) is 5.15. The van der Waals surface area contributed by atoms with Crippen molar-refractivity contribution in [2.75, 3.05) is 19.8 Å². The summed E-state index contributed by atoms with van der Waals surface area (Å²) in [7, 11) is 0.